The molecule has 1 aromatic heterocycles. The first-order valence-electron chi connectivity index (χ1n) is 6.10. The lowest BCUT2D eigenvalue weighted by molar-refractivity contribution is -0.152. The Hall–Kier alpha value is -1.85. The Morgan fingerprint density at radius 1 is 1.50 bits per heavy atom. The molecule has 0 spiro atoms. The number of carbonyl (C=O) groups excluding carboxylic acids is 1. The number of nitrogens with zero attached hydrogens (tertiary/aromatic N) is 2. The Balaban J connectivity index is 2.02. The average molecular weight is 251 g/mol. The number of carboxylic acid groups (broad SMARTS) is 1. The maximum Gasteiger partial charge on any atom is 0.309 e. The van der Waals surface area contributed by atoms with Gasteiger partial charge in [-0.2, -0.15) is 0 Å². The van der Waals surface area contributed by atoms with E-state index >= 15 is 0 Å². The highest BCUT2D eigenvalue weighted by atomic mass is 16.4. The summed E-state index contributed by atoms with van der Waals surface area (Å²) in [5.41, 5.74) is -0.209. The second-order valence-corrected chi connectivity index (χ2v) is 4.70. The van der Waals surface area contributed by atoms with Gasteiger partial charge in [0, 0.05) is 13.1 Å². The highest BCUT2D eigenvalue weighted by molar-refractivity contribution is 5.92. The molecule has 0 aliphatic carbocycles. The van der Waals surface area contributed by atoms with Crippen molar-refractivity contribution < 1.29 is 14.7 Å². The summed E-state index contributed by atoms with van der Waals surface area (Å²) in [6.45, 7) is 2.86. The van der Waals surface area contributed by atoms with Crippen LogP contribution in [0.15, 0.2) is 12.5 Å². The van der Waals surface area contributed by atoms with Gasteiger partial charge in [-0.15, -0.1) is 0 Å². The predicted molar refractivity (Wildman–Crippen MR) is 64.1 cm³/mol. The monoisotopic (exact) mass is 251 g/mol. The number of H-pyrrole nitrogens is 1. The van der Waals surface area contributed by atoms with Crippen LogP contribution in [-0.2, 0) is 4.79 Å². The van der Waals surface area contributed by atoms with E-state index in [-0.39, 0.29) is 5.91 Å². The number of hydrogen-bond donors (Lipinski definition) is 2. The molecule has 0 aromatic carbocycles. The van der Waals surface area contributed by atoms with Gasteiger partial charge in [0.15, 0.2) is 0 Å². The highest BCUT2D eigenvalue weighted by Crippen LogP contribution is 2.35. The number of carbonyl (C=O) groups is 2. The van der Waals surface area contributed by atoms with Gasteiger partial charge in [-0.05, 0) is 19.3 Å². The fourth-order valence-electron chi connectivity index (χ4n) is 2.40. The van der Waals surface area contributed by atoms with Crippen molar-refractivity contribution in [3.8, 4) is 0 Å². The van der Waals surface area contributed by atoms with Gasteiger partial charge in [0.1, 0.15) is 5.69 Å². The van der Waals surface area contributed by atoms with Crippen LogP contribution < -0.4 is 0 Å². The number of imidazole rings is 1. The molecule has 0 saturated carbocycles. The number of aliphatic carboxylic acids is 1. The molecule has 1 aliphatic rings. The minimum atomic E-state index is -0.751. The molecule has 1 saturated heterocycles. The summed E-state index contributed by atoms with van der Waals surface area (Å²) in [7, 11) is 0. The first-order chi connectivity index (χ1) is 8.59. The number of rotatable bonds is 3. The summed E-state index contributed by atoms with van der Waals surface area (Å²) in [5, 5.41) is 9.28. The Kier molecular flexibility index (Phi) is 3.36. The number of likely N-dealkylation sites (tertiary alicyclic amines) is 1. The lowest BCUT2D eigenvalue weighted by Crippen LogP contribution is -2.46. The van der Waals surface area contributed by atoms with Crippen LogP contribution in [0.25, 0.3) is 0 Å². The van der Waals surface area contributed by atoms with E-state index in [4.69, 9.17) is 0 Å². The van der Waals surface area contributed by atoms with Gasteiger partial charge in [0.2, 0.25) is 0 Å². The maximum absolute atomic E-state index is 12.0. The Morgan fingerprint density at radius 2 is 2.17 bits per heavy atom. The number of carboxylic acids is 1. The number of piperidine rings is 1. The Morgan fingerprint density at radius 3 is 2.61 bits per heavy atom. The molecular weight excluding hydrogens is 234 g/mol. The molecule has 18 heavy (non-hydrogen) atoms. The molecule has 2 rings (SSSR count). The van der Waals surface area contributed by atoms with Crippen molar-refractivity contribution in [2.75, 3.05) is 13.1 Å². The third-order valence-corrected chi connectivity index (χ3v) is 3.87. The van der Waals surface area contributed by atoms with Crippen molar-refractivity contribution in [2.24, 2.45) is 5.41 Å². The van der Waals surface area contributed by atoms with Crippen LogP contribution in [-0.4, -0.2) is 44.9 Å². The quantitative estimate of drug-likeness (QED) is 0.843. The van der Waals surface area contributed by atoms with Gasteiger partial charge in [0.05, 0.1) is 17.9 Å². The lowest BCUT2D eigenvalue weighted by Gasteiger charge is -2.38. The fraction of sp³-hybridized carbons (Fsp3) is 0.583. The maximum atomic E-state index is 12.0. The molecule has 98 valence electrons. The molecule has 2 heterocycles. The van der Waals surface area contributed by atoms with Crippen LogP contribution in [0.3, 0.4) is 0 Å². The zero-order valence-corrected chi connectivity index (χ0v) is 10.3. The number of nitrogens with one attached hydrogen (secondary N) is 1. The van der Waals surface area contributed by atoms with Crippen LogP contribution in [0.2, 0.25) is 0 Å². The lowest BCUT2D eigenvalue weighted by atomic mass is 9.76. The molecule has 0 bridgehead atoms. The minimum Gasteiger partial charge on any atom is -0.481 e. The molecule has 6 nitrogen and oxygen atoms in total. The van der Waals surface area contributed by atoms with E-state index < -0.39 is 11.4 Å². The second kappa shape index (κ2) is 4.80. The van der Waals surface area contributed by atoms with Gasteiger partial charge in [-0.25, -0.2) is 4.98 Å². The summed E-state index contributed by atoms with van der Waals surface area (Å²) < 4.78 is 0. The summed E-state index contributed by atoms with van der Waals surface area (Å²) >= 11 is 0. The Bertz CT molecular complexity index is 433. The van der Waals surface area contributed by atoms with Crippen molar-refractivity contribution in [1.82, 2.24) is 14.9 Å². The molecule has 6 heteroatoms. The standard InChI is InChI=1S/C12H17N3O3/c1-2-12(11(17)18)3-5-15(6-4-12)10(16)9-7-13-8-14-9/h7-8H,2-6H2,1H3,(H,13,14)(H,17,18). The first-order valence-corrected chi connectivity index (χ1v) is 6.10. The van der Waals surface area contributed by atoms with E-state index in [0.29, 0.717) is 38.0 Å². The molecule has 0 radical (unpaired) electrons. The van der Waals surface area contributed by atoms with Crippen LogP contribution in [0.1, 0.15) is 36.7 Å². The van der Waals surface area contributed by atoms with Crippen LogP contribution in [0.4, 0.5) is 0 Å². The number of aromatic nitrogens is 2. The van der Waals surface area contributed by atoms with Gasteiger partial charge >= 0.3 is 5.97 Å². The molecule has 1 amide bonds. The van der Waals surface area contributed by atoms with Crippen molar-refractivity contribution >= 4 is 11.9 Å². The Labute approximate surface area is 105 Å². The SMILES string of the molecule is CCC1(C(=O)O)CCN(C(=O)c2cnc[nH]2)CC1. The zero-order valence-electron chi connectivity index (χ0n) is 10.3. The second-order valence-electron chi connectivity index (χ2n) is 4.70. The third-order valence-electron chi connectivity index (χ3n) is 3.87. The summed E-state index contributed by atoms with van der Waals surface area (Å²) in [5.74, 6) is -0.860. The summed E-state index contributed by atoms with van der Waals surface area (Å²) in [4.78, 5) is 31.6. The van der Waals surface area contributed by atoms with Crippen LogP contribution in [0, 0.1) is 5.41 Å². The summed E-state index contributed by atoms with van der Waals surface area (Å²) in [6, 6.07) is 0. The number of hydrogen-bond acceptors (Lipinski definition) is 3. The van der Waals surface area contributed by atoms with Crippen molar-refractivity contribution in [3.05, 3.63) is 18.2 Å². The van der Waals surface area contributed by atoms with Gasteiger partial charge in [-0.1, -0.05) is 6.92 Å². The van der Waals surface area contributed by atoms with E-state index in [2.05, 4.69) is 9.97 Å². The third kappa shape index (κ3) is 2.10. The van der Waals surface area contributed by atoms with Gasteiger partial charge < -0.3 is 15.0 Å². The molecule has 0 unspecified atom stereocenters. The smallest absolute Gasteiger partial charge is 0.309 e. The molecule has 1 aromatic rings. The van der Waals surface area contributed by atoms with E-state index in [1.807, 2.05) is 6.92 Å². The largest absolute Gasteiger partial charge is 0.481 e. The van der Waals surface area contributed by atoms with E-state index in [1.54, 1.807) is 4.90 Å². The molecule has 2 N–H and O–H groups in total. The van der Waals surface area contributed by atoms with Gasteiger partial charge in [0.25, 0.3) is 5.91 Å². The molecular formula is C12H17N3O3. The topological polar surface area (TPSA) is 86.3 Å². The van der Waals surface area contributed by atoms with Crippen LogP contribution in [0.5, 0.6) is 0 Å². The van der Waals surface area contributed by atoms with Crippen molar-refractivity contribution in [2.45, 2.75) is 26.2 Å². The van der Waals surface area contributed by atoms with E-state index in [1.165, 1.54) is 12.5 Å². The number of amides is 1. The predicted octanol–water partition coefficient (Wildman–Crippen LogP) is 1.13. The number of aromatic amines is 1. The molecule has 1 aliphatic heterocycles. The highest BCUT2D eigenvalue weighted by Gasteiger charge is 2.40. The van der Waals surface area contributed by atoms with Crippen molar-refractivity contribution in [3.63, 3.8) is 0 Å². The first kappa shape index (κ1) is 12.6. The van der Waals surface area contributed by atoms with Gasteiger partial charge in [-0.3, -0.25) is 9.59 Å². The van der Waals surface area contributed by atoms with Crippen molar-refractivity contribution in [1.29, 1.82) is 0 Å². The zero-order chi connectivity index (χ0) is 13.2. The molecule has 1 fully saturated rings. The van der Waals surface area contributed by atoms with E-state index in [9.17, 15) is 14.7 Å². The normalized spacial score (nSPS) is 18.6. The minimum absolute atomic E-state index is 0.109. The summed E-state index contributed by atoms with van der Waals surface area (Å²) in [6.07, 6.45) is 4.58. The average Bonchev–Trinajstić information content (AvgIpc) is 2.91. The van der Waals surface area contributed by atoms with E-state index in [0.717, 1.165) is 0 Å². The fourth-order valence-corrected chi connectivity index (χ4v) is 2.40. The van der Waals surface area contributed by atoms with Crippen LogP contribution >= 0.6 is 0 Å². The molecule has 0 atom stereocenters.